The van der Waals surface area contributed by atoms with Crippen molar-refractivity contribution in [2.75, 3.05) is 6.61 Å². The molecule has 4 nitrogen and oxygen atoms in total. The van der Waals surface area contributed by atoms with Crippen molar-refractivity contribution < 1.29 is 78.4 Å². The summed E-state index contributed by atoms with van der Waals surface area (Å²) in [6.07, 6.45) is 0. The number of aromatic nitrogens is 1. The molecule has 0 aromatic carbocycles. The Bertz CT molecular complexity index is 341. The Labute approximate surface area is 126 Å². The molecule has 0 aliphatic heterocycles. The molecule has 0 fully saturated rings. The minimum atomic E-state index is -5.26. The first-order valence-electron chi connectivity index (χ1n) is 3.79. The summed E-state index contributed by atoms with van der Waals surface area (Å²) >= 11 is 0. The van der Waals surface area contributed by atoms with E-state index in [1.54, 1.807) is 0 Å². The van der Waals surface area contributed by atoms with Gasteiger partial charge in [-0.25, -0.2) is 4.79 Å². The van der Waals surface area contributed by atoms with Gasteiger partial charge in [-0.2, -0.15) is 0 Å². The van der Waals surface area contributed by atoms with Gasteiger partial charge in [-0.15, -0.1) is 0 Å². The molecular formula is C6H6BF3KNO3. The molecule has 1 aromatic heterocycles. The quantitative estimate of drug-likeness (QED) is 0.454. The molecular weight excluding hydrogens is 241 g/mol. The van der Waals surface area contributed by atoms with Crippen molar-refractivity contribution >= 4 is 18.6 Å². The molecule has 0 aliphatic rings. The smallest absolute Gasteiger partial charge is 0.461 e. The molecule has 0 spiro atoms. The molecule has 0 saturated heterocycles. The van der Waals surface area contributed by atoms with Crippen molar-refractivity contribution in [1.29, 1.82) is 0 Å². The van der Waals surface area contributed by atoms with Gasteiger partial charge < -0.3 is 22.2 Å². The van der Waals surface area contributed by atoms with Crippen LogP contribution < -0.4 is 57.0 Å². The maximum absolute atomic E-state index is 12.0. The number of carbonyl (C=O) groups excluding carboxylic acids is 1. The van der Waals surface area contributed by atoms with Crippen LogP contribution in [0.15, 0.2) is 10.6 Å². The second-order valence-electron chi connectivity index (χ2n) is 2.41. The normalized spacial score (nSPS) is 10.7. The fourth-order valence-corrected chi connectivity index (χ4v) is 0.745. The fourth-order valence-electron chi connectivity index (χ4n) is 0.745. The summed E-state index contributed by atoms with van der Waals surface area (Å²) in [5.41, 5.74) is -1.73. The first-order chi connectivity index (χ1) is 6.45. The second-order valence-corrected chi connectivity index (χ2v) is 2.41. The number of ether oxygens (including phenoxy) is 1. The predicted octanol–water partition coefficient (Wildman–Crippen LogP) is -2.09. The molecule has 0 N–H and O–H groups in total. The van der Waals surface area contributed by atoms with Gasteiger partial charge in [0, 0.05) is 0 Å². The Kier molecular flexibility index (Phi) is 6.11. The van der Waals surface area contributed by atoms with Gasteiger partial charge in [0.2, 0.25) is 0 Å². The average molecular weight is 247 g/mol. The molecule has 1 rings (SSSR count). The van der Waals surface area contributed by atoms with Crippen molar-refractivity contribution in [2.24, 2.45) is 0 Å². The standard InChI is InChI=1S/C6H6BF3NO3.K/c1-2-13-6(12)4-3-5(14-11-4)7(8,9)10;/h3H,2H2,1H3;/q-1;+1. The zero-order valence-electron chi connectivity index (χ0n) is 8.17. The summed E-state index contributed by atoms with van der Waals surface area (Å²) < 4.78 is 44.5. The third-order valence-electron chi connectivity index (χ3n) is 1.34. The maximum Gasteiger partial charge on any atom is 1.00 e. The van der Waals surface area contributed by atoms with E-state index in [-0.39, 0.29) is 58.0 Å². The molecule has 15 heavy (non-hydrogen) atoms. The monoisotopic (exact) mass is 247 g/mol. The van der Waals surface area contributed by atoms with Crippen LogP contribution in [-0.4, -0.2) is 24.7 Å². The predicted molar refractivity (Wildman–Crippen MR) is 41.2 cm³/mol. The van der Waals surface area contributed by atoms with E-state index in [0.29, 0.717) is 6.07 Å². The molecule has 0 atom stereocenters. The van der Waals surface area contributed by atoms with Crippen molar-refractivity contribution in [3.63, 3.8) is 0 Å². The van der Waals surface area contributed by atoms with Crippen molar-refractivity contribution in [2.45, 2.75) is 6.92 Å². The first kappa shape index (κ1) is 15.2. The summed E-state index contributed by atoms with van der Waals surface area (Å²) in [5.74, 6) is -0.928. The van der Waals surface area contributed by atoms with E-state index in [9.17, 15) is 17.7 Å². The third-order valence-corrected chi connectivity index (χ3v) is 1.34. The molecule has 9 heteroatoms. The number of halogens is 3. The summed E-state index contributed by atoms with van der Waals surface area (Å²) in [6.45, 7) is -3.66. The summed E-state index contributed by atoms with van der Waals surface area (Å²) in [6, 6.07) is 0.526. The van der Waals surface area contributed by atoms with Crippen molar-refractivity contribution in [3.8, 4) is 0 Å². The van der Waals surface area contributed by atoms with E-state index in [0.717, 1.165) is 0 Å². The van der Waals surface area contributed by atoms with Gasteiger partial charge >= 0.3 is 64.3 Å². The third kappa shape index (κ3) is 4.27. The summed E-state index contributed by atoms with van der Waals surface area (Å²) in [7, 11) is 0. The summed E-state index contributed by atoms with van der Waals surface area (Å²) in [5, 5.41) is 2.95. The number of esters is 1. The maximum atomic E-state index is 12.0. The molecule has 0 bridgehead atoms. The number of hydrogen-bond acceptors (Lipinski definition) is 4. The molecule has 0 saturated carbocycles. The SMILES string of the molecule is CCOC(=O)c1cc([B-](F)(F)F)on1.[K+]. The average Bonchev–Trinajstić information content (AvgIpc) is 2.51. The van der Waals surface area contributed by atoms with Crippen LogP contribution in [0.5, 0.6) is 0 Å². The van der Waals surface area contributed by atoms with Crippen LogP contribution in [0.1, 0.15) is 17.4 Å². The van der Waals surface area contributed by atoms with Gasteiger partial charge in [0.15, 0.2) is 5.69 Å². The van der Waals surface area contributed by atoms with Gasteiger partial charge in [0.25, 0.3) is 0 Å². The summed E-state index contributed by atoms with van der Waals surface area (Å²) in [4.78, 5) is 10.9. The minimum absolute atomic E-state index is 0. The molecule has 0 amide bonds. The topological polar surface area (TPSA) is 52.3 Å². The largest absolute Gasteiger partial charge is 1.00 e. The van der Waals surface area contributed by atoms with Gasteiger partial charge in [0.1, 0.15) is 0 Å². The van der Waals surface area contributed by atoms with Crippen molar-refractivity contribution in [3.05, 3.63) is 11.8 Å². The van der Waals surface area contributed by atoms with Crippen LogP contribution in [0.2, 0.25) is 0 Å². The van der Waals surface area contributed by atoms with E-state index >= 15 is 0 Å². The van der Waals surface area contributed by atoms with Gasteiger partial charge in [-0.05, 0) is 13.0 Å². The van der Waals surface area contributed by atoms with Crippen molar-refractivity contribution in [1.82, 2.24) is 5.16 Å². The molecule has 1 aromatic rings. The minimum Gasteiger partial charge on any atom is -0.461 e. The van der Waals surface area contributed by atoms with Crippen LogP contribution in [0, 0.1) is 0 Å². The van der Waals surface area contributed by atoms with Crippen LogP contribution in [0.3, 0.4) is 0 Å². The van der Waals surface area contributed by atoms with Gasteiger partial charge in [-0.1, -0.05) is 5.16 Å². The van der Waals surface area contributed by atoms with E-state index in [1.807, 2.05) is 0 Å². The molecule has 0 unspecified atom stereocenters. The Balaban J connectivity index is 0.00000196. The zero-order valence-corrected chi connectivity index (χ0v) is 11.3. The second kappa shape index (κ2) is 6.04. The van der Waals surface area contributed by atoms with E-state index in [4.69, 9.17) is 0 Å². The Morgan fingerprint density at radius 2 is 2.20 bits per heavy atom. The van der Waals surface area contributed by atoms with E-state index in [1.165, 1.54) is 6.92 Å². The first-order valence-corrected chi connectivity index (χ1v) is 3.79. The Morgan fingerprint density at radius 1 is 1.60 bits per heavy atom. The molecule has 78 valence electrons. The zero-order chi connectivity index (χ0) is 10.8. The van der Waals surface area contributed by atoms with E-state index in [2.05, 4.69) is 14.4 Å². The van der Waals surface area contributed by atoms with Crippen LogP contribution in [-0.2, 0) is 4.74 Å². The number of hydrogen-bond donors (Lipinski definition) is 0. The van der Waals surface area contributed by atoms with E-state index < -0.39 is 24.3 Å². The van der Waals surface area contributed by atoms with Gasteiger partial charge in [-0.3, -0.25) is 0 Å². The number of rotatable bonds is 3. The van der Waals surface area contributed by atoms with Crippen LogP contribution in [0.4, 0.5) is 12.9 Å². The van der Waals surface area contributed by atoms with Gasteiger partial charge in [0.05, 0.1) is 12.3 Å². The molecule has 1 heterocycles. The number of nitrogens with zero attached hydrogens (tertiary/aromatic N) is 1. The Hall–Kier alpha value is 0.171. The van der Waals surface area contributed by atoms with Crippen LogP contribution >= 0.6 is 0 Å². The fraction of sp³-hybridized carbons (Fsp3) is 0.333. The molecule has 0 aliphatic carbocycles. The molecule has 0 radical (unpaired) electrons. The van der Waals surface area contributed by atoms with Crippen LogP contribution in [0.25, 0.3) is 0 Å². The number of carbonyl (C=O) groups is 1. The Morgan fingerprint density at radius 3 is 2.60 bits per heavy atom.